The van der Waals surface area contributed by atoms with Crippen molar-refractivity contribution < 1.29 is 13.2 Å². The summed E-state index contributed by atoms with van der Waals surface area (Å²) in [7, 11) is -2.13. The molecule has 1 rings (SSSR count). The third-order valence-electron chi connectivity index (χ3n) is 2.82. The van der Waals surface area contributed by atoms with Crippen LogP contribution in [-0.4, -0.2) is 39.7 Å². The number of hydrogen-bond acceptors (Lipinski definition) is 5. The highest BCUT2D eigenvalue weighted by Crippen LogP contribution is 2.12. The van der Waals surface area contributed by atoms with Crippen LogP contribution in [0.4, 0.5) is 0 Å². The second-order valence-corrected chi connectivity index (χ2v) is 6.56. The van der Waals surface area contributed by atoms with Crippen LogP contribution >= 0.6 is 0 Å². The Morgan fingerprint density at radius 1 is 1.43 bits per heavy atom. The molecule has 3 N–H and O–H groups in total. The molecule has 0 aliphatic rings. The van der Waals surface area contributed by atoms with Gasteiger partial charge in [0.05, 0.1) is 13.2 Å². The minimum atomic E-state index is -3.67. The highest BCUT2D eigenvalue weighted by atomic mass is 32.2. The van der Waals surface area contributed by atoms with Crippen molar-refractivity contribution in [3.05, 3.63) is 24.0 Å². The highest BCUT2D eigenvalue weighted by molar-refractivity contribution is 7.89. The standard InChI is InChI=1S/C14H21N3O3S/c1-11(2)14(10-20-3)17-21(18,19)13-7-12(5-4-6-15)8-16-9-13/h7-9,11,14,17H,6,10,15H2,1-3H3. The Hall–Kier alpha value is -1.46. The molecule has 0 spiro atoms. The Kier molecular flexibility index (Phi) is 6.78. The molecule has 7 heteroatoms. The summed E-state index contributed by atoms with van der Waals surface area (Å²) in [6, 6.07) is 1.17. The topological polar surface area (TPSA) is 94.3 Å². The van der Waals surface area contributed by atoms with Crippen LogP contribution in [0.3, 0.4) is 0 Å². The van der Waals surface area contributed by atoms with E-state index in [-0.39, 0.29) is 23.4 Å². The van der Waals surface area contributed by atoms with Gasteiger partial charge in [0.25, 0.3) is 0 Å². The second kappa shape index (κ2) is 8.10. The van der Waals surface area contributed by atoms with E-state index >= 15 is 0 Å². The number of nitrogens with one attached hydrogen (secondary N) is 1. The van der Waals surface area contributed by atoms with Gasteiger partial charge in [-0.15, -0.1) is 0 Å². The van der Waals surface area contributed by atoms with E-state index in [1.807, 2.05) is 13.8 Å². The summed E-state index contributed by atoms with van der Waals surface area (Å²) in [6.45, 7) is 4.36. The van der Waals surface area contributed by atoms with Crippen molar-refractivity contribution in [3.8, 4) is 11.8 Å². The van der Waals surface area contributed by atoms with Crippen molar-refractivity contribution in [2.75, 3.05) is 20.3 Å². The number of aromatic nitrogens is 1. The minimum Gasteiger partial charge on any atom is -0.383 e. The average molecular weight is 311 g/mol. The summed E-state index contributed by atoms with van der Waals surface area (Å²) < 4.78 is 32.4. The van der Waals surface area contributed by atoms with Crippen LogP contribution in [0.15, 0.2) is 23.4 Å². The minimum absolute atomic E-state index is 0.0769. The monoisotopic (exact) mass is 311 g/mol. The Balaban J connectivity index is 3.01. The fourth-order valence-corrected chi connectivity index (χ4v) is 2.95. The molecule has 1 heterocycles. The number of sulfonamides is 1. The number of hydrogen-bond donors (Lipinski definition) is 2. The predicted octanol–water partition coefficient (Wildman–Crippen LogP) is 0.341. The Morgan fingerprint density at radius 2 is 2.14 bits per heavy atom. The number of nitrogens with two attached hydrogens (primary N) is 1. The summed E-state index contributed by atoms with van der Waals surface area (Å²) >= 11 is 0. The van der Waals surface area contributed by atoms with E-state index < -0.39 is 10.0 Å². The van der Waals surface area contributed by atoms with E-state index in [4.69, 9.17) is 10.5 Å². The normalized spacial score (nSPS) is 12.8. The molecule has 0 aromatic carbocycles. The van der Waals surface area contributed by atoms with Gasteiger partial charge in [-0.05, 0) is 12.0 Å². The number of pyridine rings is 1. The van der Waals surface area contributed by atoms with E-state index in [1.54, 1.807) is 0 Å². The number of nitrogens with zero attached hydrogens (tertiary/aromatic N) is 1. The van der Waals surface area contributed by atoms with Gasteiger partial charge >= 0.3 is 0 Å². The molecule has 1 aromatic heterocycles. The van der Waals surface area contributed by atoms with Crippen molar-refractivity contribution in [1.82, 2.24) is 9.71 Å². The van der Waals surface area contributed by atoms with Gasteiger partial charge < -0.3 is 10.5 Å². The maximum absolute atomic E-state index is 12.4. The van der Waals surface area contributed by atoms with Crippen LogP contribution < -0.4 is 10.5 Å². The van der Waals surface area contributed by atoms with Gasteiger partial charge in [-0.3, -0.25) is 4.98 Å². The van der Waals surface area contributed by atoms with Gasteiger partial charge in [0.2, 0.25) is 10.0 Å². The summed E-state index contributed by atoms with van der Waals surface area (Å²) in [5.74, 6) is 5.53. The van der Waals surface area contributed by atoms with Crippen molar-refractivity contribution in [2.45, 2.75) is 24.8 Å². The van der Waals surface area contributed by atoms with Crippen LogP contribution in [0.25, 0.3) is 0 Å². The van der Waals surface area contributed by atoms with Gasteiger partial charge in [-0.1, -0.05) is 25.7 Å². The quantitative estimate of drug-likeness (QED) is 0.739. The smallest absolute Gasteiger partial charge is 0.242 e. The van der Waals surface area contributed by atoms with Gasteiger partial charge in [-0.25, -0.2) is 13.1 Å². The predicted molar refractivity (Wildman–Crippen MR) is 81.0 cm³/mol. The molecule has 1 atom stereocenters. The molecule has 0 aliphatic heterocycles. The number of rotatable bonds is 6. The molecule has 0 saturated carbocycles. The fourth-order valence-electron chi connectivity index (χ4n) is 1.60. The molecular weight excluding hydrogens is 290 g/mol. The largest absolute Gasteiger partial charge is 0.383 e. The molecule has 0 amide bonds. The average Bonchev–Trinajstić information content (AvgIpc) is 2.44. The third-order valence-corrected chi connectivity index (χ3v) is 4.27. The zero-order valence-electron chi connectivity index (χ0n) is 12.5. The zero-order valence-corrected chi connectivity index (χ0v) is 13.3. The van der Waals surface area contributed by atoms with Crippen LogP contribution in [-0.2, 0) is 14.8 Å². The number of ether oxygens (including phenoxy) is 1. The molecule has 0 radical (unpaired) electrons. The third kappa shape index (κ3) is 5.44. The summed E-state index contributed by atoms with van der Waals surface area (Å²) in [5, 5.41) is 0. The molecule has 1 unspecified atom stereocenters. The molecule has 116 valence electrons. The van der Waals surface area contributed by atoms with E-state index in [1.165, 1.54) is 25.6 Å². The first-order valence-corrected chi connectivity index (χ1v) is 8.04. The lowest BCUT2D eigenvalue weighted by Gasteiger charge is -2.21. The first-order chi connectivity index (χ1) is 9.90. The van der Waals surface area contributed by atoms with Crippen LogP contribution in [0.5, 0.6) is 0 Å². The lowest BCUT2D eigenvalue weighted by molar-refractivity contribution is 0.157. The summed E-state index contributed by atoms with van der Waals surface area (Å²) in [4.78, 5) is 3.99. The maximum atomic E-state index is 12.4. The first-order valence-electron chi connectivity index (χ1n) is 6.56. The molecule has 0 saturated heterocycles. The van der Waals surface area contributed by atoms with Gasteiger partial charge in [-0.2, -0.15) is 0 Å². The van der Waals surface area contributed by atoms with Gasteiger partial charge in [0.1, 0.15) is 4.90 Å². The number of methoxy groups -OCH3 is 1. The van der Waals surface area contributed by atoms with Gasteiger partial charge in [0, 0.05) is 31.1 Å². The van der Waals surface area contributed by atoms with Crippen molar-refractivity contribution >= 4 is 10.0 Å². The van der Waals surface area contributed by atoms with Crippen LogP contribution in [0, 0.1) is 17.8 Å². The molecule has 21 heavy (non-hydrogen) atoms. The van der Waals surface area contributed by atoms with E-state index in [2.05, 4.69) is 21.5 Å². The fraction of sp³-hybridized carbons (Fsp3) is 0.500. The Labute approximate surface area is 126 Å². The Bertz CT molecular complexity index is 618. The maximum Gasteiger partial charge on any atom is 0.242 e. The van der Waals surface area contributed by atoms with E-state index in [0.717, 1.165) is 0 Å². The first kappa shape index (κ1) is 17.6. The molecular formula is C14H21N3O3S. The molecule has 0 bridgehead atoms. The van der Waals surface area contributed by atoms with Crippen LogP contribution in [0.1, 0.15) is 19.4 Å². The van der Waals surface area contributed by atoms with Crippen LogP contribution in [0.2, 0.25) is 0 Å². The molecule has 0 aliphatic carbocycles. The molecule has 1 aromatic rings. The van der Waals surface area contributed by atoms with Crippen molar-refractivity contribution in [3.63, 3.8) is 0 Å². The zero-order chi connectivity index (χ0) is 15.9. The van der Waals surface area contributed by atoms with Crippen molar-refractivity contribution in [1.29, 1.82) is 0 Å². The highest BCUT2D eigenvalue weighted by Gasteiger charge is 2.22. The van der Waals surface area contributed by atoms with E-state index in [9.17, 15) is 8.42 Å². The summed E-state index contributed by atoms with van der Waals surface area (Å²) in [5.41, 5.74) is 5.80. The second-order valence-electron chi connectivity index (χ2n) is 4.84. The lowest BCUT2D eigenvalue weighted by Crippen LogP contribution is -2.41. The van der Waals surface area contributed by atoms with E-state index in [0.29, 0.717) is 12.2 Å². The molecule has 6 nitrogen and oxygen atoms in total. The summed E-state index contributed by atoms with van der Waals surface area (Å²) in [6.07, 6.45) is 2.79. The lowest BCUT2D eigenvalue weighted by atomic mass is 10.1. The van der Waals surface area contributed by atoms with Crippen molar-refractivity contribution in [2.24, 2.45) is 11.7 Å². The molecule has 0 fully saturated rings. The Morgan fingerprint density at radius 3 is 2.71 bits per heavy atom. The SMILES string of the molecule is COCC(NS(=O)(=O)c1cncc(C#CCN)c1)C(C)C. The van der Waals surface area contributed by atoms with Gasteiger partial charge in [0.15, 0.2) is 0 Å².